The Labute approximate surface area is 142 Å². The van der Waals surface area contributed by atoms with Crippen molar-refractivity contribution in [3.63, 3.8) is 0 Å². The monoisotopic (exact) mass is 334 g/mol. The molecule has 1 aromatic heterocycles. The summed E-state index contributed by atoms with van der Waals surface area (Å²) in [6.45, 7) is 9.84. The first-order chi connectivity index (χ1) is 10.9. The third-order valence-electron chi connectivity index (χ3n) is 4.49. The molecule has 0 N–H and O–H groups in total. The molecule has 23 heavy (non-hydrogen) atoms. The normalized spacial score (nSPS) is 19.1. The highest BCUT2D eigenvalue weighted by Gasteiger charge is 2.34. The maximum atomic E-state index is 12.2. The number of piperazine rings is 1. The van der Waals surface area contributed by atoms with E-state index in [2.05, 4.69) is 41.7 Å². The van der Waals surface area contributed by atoms with Crippen molar-refractivity contribution >= 4 is 23.5 Å². The summed E-state index contributed by atoms with van der Waals surface area (Å²) in [5, 5.41) is 0.823. The second-order valence-corrected chi connectivity index (χ2v) is 8.21. The smallest absolute Gasteiger partial charge is 0.225 e. The fourth-order valence-electron chi connectivity index (χ4n) is 2.79. The van der Waals surface area contributed by atoms with E-state index in [9.17, 15) is 4.79 Å². The van der Waals surface area contributed by atoms with Gasteiger partial charge in [0.15, 0.2) is 5.16 Å². The lowest BCUT2D eigenvalue weighted by Gasteiger charge is -2.36. The van der Waals surface area contributed by atoms with Crippen LogP contribution in [-0.2, 0) is 10.2 Å². The molecule has 1 aliphatic carbocycles. The third-order valence-corrected chi connectivity index (χ3v) is 5.03. The number of carbonyl (C=O) groups excluding carboxylic acids is 1. The van der Waals surface area contributed by atoms with Crippen LogP contribution in [0, 0.1) is 5.92 Å². The Hall–Kier alpha value is -1.30. The number of hydrogen-bond acceptors (Lipinski definition) is 5. The maximum absolute atomic E-state index is 12.2. The van der Waals surface area contributed by atoms with E-state index in [1.165, 1.54) is 0 Å². The van der Waals surface area contributed by atoms with Crippen LogP contribution in [0.15, 0.2) is 11.2 Å². The van der Waals surface area contributed by atoms with Gasteiger partial charge in [-0.05, 0) is 19.1 Å². The van der Waals surface area contributed by atoms with Crippen LogP contribution in [-0.4, -0.2) is 53.2 Å². The van der Waals surface area contributed by atoms with Gasteiger partial charge < -0.3 is 9.80 Å². The van der Waals surface area contributed by atoms with E-state index >= 15 is 0 Å². The highest BCUT2D eigenvalue weighted by molar-refractivity contribution is 7.98. The summed E-state index contributed by atoms with van der Waals surface area (Å²) in [5.74, 6) is 1.66. The summed E-state index contributed by atoms with van der Waals surface area (Å²) in [6.07, 6.45) is 4.17. The first-order valence-electron chi connectivity index (χ1n) is 8.36. The minimum atomic E-state index is 0.00588. The Kier molecular flexibility index (Phi) is 4.54. The highest BCUT2D eigenvalue weighted by Crippen LogP contribution is 2.32. The molecule has 1 aromatic rings. The van der Waals surface area contributed by atoms with Crippen LogP contribution in [0.4, 0.5) is 5.82 Å². The van der Waals surface area contributed by atoms with Gasteiger partial charge in [-0.2, -0.15) is 0 Å². The quantitative estimate of drug-likeness (QED) is 0.628. The van der Waals surface area contributed by atoms with Gasteiger partial charge >= 0.3 is 0 Å². The largest absolute Gasteiger partial charge is 0.353 e. The molecule has 6 heteroatoms. The molecule has 0 spiro atoms. The van der Waals surface area contributed by atoms with E-state index in [4.69, 9.17) is 0 Å². The lowest BCUT2D eigenvalue weighted by molar-refractivity contribution is -0.132. The van der Waals surface area contributed by atoms with Gasteiger partial charge in [-0.25, -0.2) is 9.97 Å². The van der Waals surface area contributed by atoms with Crippen LogP contribution >= 0.6 is 11.8 Å². The number of hydrogen-bond donors (Lipinski definition) is 0. The zero-order valence-electron chi connectivity index (χ0n) is 14.5. The van der Waals surface area contributed by atoms with E-state index < -0.39 is 0 Å². The lowest BCUT2D eigenvalue weighted by atomic mass is 9.92. The number of nitrogens with zero attached hydrogens (tertiary/aromatic N) is 4. The Morgan fingerprint density at radius 1 is 1.17 bits per heavy atom. The molecule has 2 aliphatic rings. The second kappa shape index (κ2) is 6.30. The van der Waals surface area contributed by atoms with Crippen molar-refractivity contribution in [3.05, 3.63) is 11.8 Å². The first kappa shape index (κ1) is 16.6. The number of thioether (sulfide) groups is 1. The highest BCUT2D eigenvalue weighted by atomic mass is 32.2. The summed E-state index contributed by atoms with van der Waals surface area (Å²) in [5.41, 5.74) is 1.08. The number of rotatable bonds is 3. The minimum absolute atomic E-state index is 0.00588. The molecule has 0 unspecified atom stereocenters. The Morgan fingerprint density at radius 2 is 1.83 bits per heavy atom. The molecule has 0 aromatic carbocycles. The number of amides is 1. The molecule has 3 rings (SSSR count). The SMILES string of the molecule is CSc1nc(N2CCN(C(=O)C3CC3)CC2)cc(C(C)(C)C)n1. The molecule has 2 fully saturated rings. The first-order valence-corrected chi connectivity index (χ1v) is 9.58. The van der Waals surface area contributed by atoms with Gasteiger partial charge in [-0.3, -0.25) is 4.79 Å². The van der Waals surface area contributed by atoms with Crippen molar-refractivity contribution < 1.29 is 4.79 Å². The molecule has 0 atom stereocenters. The molecule has 126 valence electrons. The Balaban J connectivity index is 1.73. The standard InChI is InChI=1S/C17H26N4OS/c1-17(2,3)13-11-14(19-16(18-13)23-4)20-7-9-21(10-8-20)15(22)12-5-6-12/h11-12H,5-10H2,1-4H3. The fraction of sp³-hybridized carbons (Fsp3) is 0.706. The number of aromatic nitrogens is 2. The molecular weight excluding hydrogens is 308 g/mol. The van der Waals surface area contributed by atoms with Crippen molar-refractivity contribution in [2.75, 3.05) is 37.3 Å². The fourth-order valence-corrected chi connectivity index (χ4v) is 3.17. The van der Waals surface area contributed by atoms with E-state index in [0.29, 0.717) is 11.8 Å². The van der Waals surface area contributed by atoms with Gasteiger partial charge in [0.2, 0.25) is 5.91 Å². The molecule has 1 aliphatic heterocycles. The number of carbonyl (C=O) groups is 1. The van der Waals surface area contributed by atoms with Crippen LogP contribution < -0.4 is 4.90 Å². The van der Waals surface area contributed by atoms with Crippen molar-refractivity contribution in [1.29, 1.82) is 0 Å². The average molecular weight is 334 g/mol. The van der Waals surface area contributed by atoms with Crippen LogP contribution in [0.5, 0.6) is 0 Å². The van der Waals surface area contributed by atoms with Crippen molar-refractivity contribution in [2.24, 2.45) is 5.92 Å². The lowest BCUT2D eigenvalue weighted by Crippen LogP contribution is -2.49. The molecule has 1 saturated carbocycles. The van der Waals surface area contributed by atoms with Crippen LogP contribution in [0.25, 0.3) is 0 Å². The summed E-state index contributed by atoms with van der Waals surface area (Å²) in [4.78, 5) is 25.8. The zero-order chi connectivity index (χ0) is 16.6. The van der Waals surface area contributed by atoms with Crippen LogP contribution in [0.2, 0.25) is 0 Å². The zero-order valence-corrected chi connectivity index (χ0v) is 15.3. The predicted octanol–water partition coefficient (Wildman–Crippen LogP) is 2.55. The summed E-state index contributed by atoms with van der Waals surface area (Å²) >= 11 is 1.58. The van der Waals surface area contributed by atoms with Crippen LogP contribution in [0.1, 0.15) is 39.3 Å². The molecular formula is C17H26N4OS. The third kappa shape index (κ3) is 3.79. The van der Waals surface area contributed by atoms with Gasteiger partial charge in [0.25, 0.3) is 0 Å². The average Bonchev–Trinajstić information content (AvgIpc) is 3.38. The predicted molar refractivity (Wildman–Crippen MR) is 94.0 cm³/mol. The molecule has 5 nitrogen and oxygen atoms in total. The minimum Gasteiger partial charge on any atom is -0.353 e. The summed E-state index contributed by atoms with van der Waals surface area (Å²) < 4.78 is 0. The Bertz CT molecular complexity index is 587. The van der Waals surface area contributed by atoms with Crippen molar-refractivity contribution in [3.8, 4) is 0 Å². The van der Waals surface area contributed by atoms with Gasteiger partial charge in [-0.15, -0.1) is 0 Å². The van der Waals surface area contributed by atoms with E-state index in [1.54, 1.807) is 11.8 Å². The summed E-state index contributed by atoms with van der Waals surface area (Å²) in [6, 6.07) is 2.11. The van der Waals surface area contributed by atoms with Crippen molar-refractivity contribution in [1.82, 2.24) is 14.9 Å². The van der Waals surface area contributed by atoms with Gasteiger partial charge in [0, 0.05) is 43.6 Å². The molecule has 0 bridgehead atoms. The number of anilines is 1. The second-order valence-electron chi connectivity index (χ2n) is 7.43. The topological polar surface area (TPSA) is 49.3 Å². The molecule has 2 heterocycles. The Morgan fingerprint density at radius 3 is 2.35 bits per heavy atom. The van der Waals surface area contributed by atoms with Gasteiger partial charge in [0.1, 0.15) is 5.82 Å². The van der Waals surface area contributed by atoms with Gasteiger partial charge in [0.05, 0.1) is 5.69 Å². The molecule has 1 saturated heterocycles. The molecule has 1 amide bonds. The molecule has 0 radical (unpaired) electrons. The maximum Gasteiger partial charge on any atom is 0.225 e. The van der Waals surface area contributed by atoms with E-state index in [-0.39, 0.29) is 5.41 Å². The van der Waals surface area contributed by atoms with Crippen molar-refractivity contribution in [2.45, 2.75) is 44.2 Å². The van der Waals surface area contributed by atoms with Crippen LogP contribution in [0.3, 0.4) is 0 Å². The van der Waals surface area contributed by atoms with E-state index in [1.807, 2.05) is 11.2 Å². The van der Waals surface area contributed by atoms with Gasteiger partial charge in [-0.1, -0.05) is 32.5 Å². The summed E-state index contributed by atoms with van der Waals surface area (Å²) in [7, 11) is 0. The van der Waals surface area contributed by atoms with E-state index in [0.717, 1.165) is 55.7 Å².